The first-order valence-electron chi connectivity index (χ1n) is 5.96. The Morgan fingerprint density at radius 1 is 1.45 bits per heavy atom. The number of nitrogens with zero attached hydrogens (tertiary/aromatic N) is 2. The minimum absolute atomic E-state index is 0.0947. The summed E-state index contributed by atoms with van der Waals surface area (Å²) in [6.07, 6.45) is 1.52. The lowest BCUT2D eigenvalue weighted by Crippen LogP contribution is -2.41. The lowest BCUT2D eigenvalue weighted by atomic mass is 10.0. The van der Waals surface area contributed by atoms with E-state index in [2.05, 4.69) is 20.7 Å². The van der Waals surface area contributed by atoms with E-state index in [1.165, 1.54) is 25.4 Å². The summed E-state index contributed by atoms with van der Waals surface area (Å²) in [5.41, 5.74) is 0.0697. The van der Waals surface area contributed by atoms with Gasteiger partial charge < -0.3 is 10.1 Å². The van der Waals surface area contributed by atoms with Gasteiger partial charge in [0.05, 0.1) is 18.8 Å². The molecule has 1 aromatic heterocycles. The molecule has 20 heavy (non-hydrogen) atoms. The number of carbonyl (C=O) groups is 1. The minimum Gasteiger partial charge on any atom is -0.494 e. The number of H-pyrrole nitrogens is 1. The third-order valence-corrected chi connectivity index (χ3v) is 2.90. The Kier molecular flexibility index (Phi) is 3.69. The van der Waals surface area contributed by atoms with Gasteiger partial charge in [0.1, 0.15) is 5.69 Å². The fraction of sp³-hybridized carbons (Fsp3) is 0.308. The molecule has 2 aromatic rings. The van der Waals surface area contributed by atoms with Crippen molar-refractivity contribution < 1.29 is 13.9 Å². The zero-order valence-electron chi connectivity index (χ0n) is 11.4. The number of methoxy groups -OCH3 is 1. The number of aromatic nitrogens is 3. The average molecular weight is 278 g/mol. The number of benzene rings is 1. The van der Waals surface area contributed by atoms with Crippen LogP contribution in [0.3, 0.4) is 0 Å². The molecule has 2 N–H and O–H groups in total. The number of hydrogen-bond acceptors (Lipinski definition) is 4. The topological polar surface area (TPSA) is 79.9 Å². The molecule has 0 bridgehead atoms. The van der Waals surface area contributed by atoms with Gasteiger partial charge in [-0.2, -0.15) is 15.4 Å². The highest BCUT2D eigenvalue weighted by Gasteiger charge is 2.26. The summed E-state index contributed by atoms with van der Waals surface area (Å²) >= 11 is 0. The van der Waals surface area contributed by atoms with Crippen LogP contribution in [-0.2, 0) is 5.54 Å². The summed E-state index contributed by atoms with van der Waals surface area (Å²) in [5, 5.41) is 12.9. The van der Waals surface area contributed by atoms with Gasteiger partial charge >= 0.3 is 0 Å². The van der Waals surface area contributed by atoms with Crippen LogP contribution in [0.5, 0.6) is 5.75 Å². The van der Waals surface area contributed by atoms with E-state index in [-0.39, 0.29) is 11.3 Å². The molecule has 1 aromatic carbocycles. The first kappa shape index (κ1) is 14.0. The van der Waals surface area contributed by atoms with Crippen LogP contribution in [-0.4, -0.2) is 28.4 Å². The highest BCUT2D eigenvalue weighted by atomic mass is 19.1. The molecule has 0 spiro atoms. The molecule has 7 heteroatoms. The predicted molar refractivity (Wildman–Crippen MR) is 69.8 cm³/mol. The van der Waals surface area contributed by atoms with Crippen molar-refractivity contribution in [2.75, 3.05) is 7.11 Å². The zero-order valence-corrected chi connectivity index (χ0v) is 11.4. The summed E-state index contributed by atoms with van der Waals surface area (Å²) in [4.78, 5) is 12.1. The first-order valence-corrected chi connectivity index (χ1v) is 5.96. The second kappa shape index (κ2) is 5.28. The summed E-state index contributed by atoms with van der Waals surface area (Å²) in [5.74, 6) is -0.892. The molecule has 0 aliphatic carbocycles. The van der Waals surface area contributed by atoms with E-state index in [0.29, 0.717) is 5.69 Å². The van der Waals surface area contributed by atoms with Crippen molar-refractivity contribution in [1.82, 2.24) is 20.7 Å². The highest BCUT2D eigenvalue weighted by Crippen LogP contribution is 2.20. The minimum atomic E-state index is -0.722. The number of hydrogen-bond donors (Lipinski definition) is 2. The number of amides is 1. The van der Waals surface area contributed by atoms with Crippen LogP contribution in [0.2, 0.25) is 0 Å². The van der Waals surface area contributed by atoms with E-state index in [0.717, 1.165) is 6.07 Å². The number of ether oxygens (including phenoxy) is 1. The second-order valence-corrected chi connectivity index (χ2v) is 4.78. The maximum absolute atomic E-state index is 13.6. The van der Waals surface area contributed by atoms with Gasteiger partial charge in [0.25, 0.3) is 5.91 Å². The van der Waals surface area contributed by atoms with Crippen molar-refractivity contribution >= 4 is 5.91 Å². The maximum atomic E-state index is 13.6. The van der Waals surface area contributed by atoms with Gasteiger partial charge in [0.2, 0.25) is 0 Å². The fourth-order valence-corrected chi connectivity index (χ4v) is 1.73. The molecule has 0 radical (unpaired) electrons. The van der Waals surface area contributed by atoms with Crippen LogP contribution in [0.4, 0.5) is 4.39 Å². The van der Waals surface area contributed by atoms with Gasteiger partial charge in [-0.05, 0) is 32.0 Å². The molecule has 0 aliphatic heterocycles. The Morgan fingerprint density at radius 2 is 2.20 bits per heavy atom. The van der Waals surface area contributed by atoms with Crippen molar-refractivity contribution in [3.8, 4) is 5.75 Å². The van der Waals surface area contributed by atoms with Gasteiger partial charge in [-0.15, -0.1) is 0 Å². The van der Waals surface area contributed by atoms with Crippen LogP contribution in [0.1, 0.15) is 29.9 Å². The van der Waals surface area contributed by atoms with Crippen molar-refractivity contribution in [3.63, 3.8) is 0 Å². The molecule has 1 heterocycles. The van der Waals surface area contributed by atoms with E-state index < -0.39 is 17.3 Å². The number of carbonyl (C=O) groups excluding carboxylic acids is 1. The molecule has 0 atom stereocenters. The lowest BCUT2D eigenvalue weighted by molar-refractivity contribution is 0.0910. The average Bonchev–Trinajstić information content (AvgIpc) is 2.92. The van der Waals surface area contributed by atoms with Crippen LogP contribution in [0.25, 0.3) is 0 Å². The summed E-state index contributed by atoms with van der Waals surface area (Å²) in [6.45, 7) is 3.56. The number of aromatic amines is 1. The number of halogens is 1. The molecule has 0 saturated carbocycles. The number of rotatable bonds is 4. The van der Waals surface area contributed by atoms with Gasteiger partial charge in [-0.1, -0.05) is 0 Å². The standard InChI is InChI=1S/C13H15FN4O2/c1-13(2,11-7-15-18-17-11)16-12(19)8-4-5-10(20-3)9(14)6-8/h4-7H,1-3H3,(H,16,19)(H,15,17,18). The Morgan fingerprint density at radius 3 is 2.75 bits per heavy atom. The SMILES string of the molecule is COc1ccc(C(=O)NC(C)(C)c2cn[nH]n2)cc1F. The van der Waals surface area contributed by atoms with Gasteiger partial charge in [-0.25, -0.2) is 4.39 Å². The lowest BCUT2D eigenvalue weighted by Gasteiger charge is -2.23. The van der Waals surface area contributed by atoms with E-state index >= 15 is 0 Å². The van der Waals surface area contributed by atoms with Crippen LogP contribution >= 0.6 is 0 Å². The third-order valence-electron chi connectivity index (χ3n) is 2.90. The predicted octanol–water partition coefficient (Wildman–Crippen LogP) is 1.62. The van der Waals surface area contributed by atoms with Gasteiger partial charge in [0, 0.05) is 5.56 Å². The molecule has 1 amide bonds. The van der Waals surface area contributed by atoms with Crippen molar-refractivity contribution in [2.45, 2.75) is 19.4 Å². The molecule has 0 unspecified atom stereocenters. The fourth-order valence-electron chi connectivity index (χ4n) is 1.73. The summed E-state index contributed by atoms with van der Waals surface area (Å²) in [7, 11) is 1.37. The van der Waals surface area contributed by atoms with Gasteiger partial charge in [0.15, 0.2) is 11.6 Å². The largest absolute Gasteiger partial charge is 0.494 e. The van der Waals surface area contributed by atoms with Crippen LogP contribution < -0.4 is 10.1 Å². The van der Waals surface area contributed by atoms with Crippen LogP contribution in [0, 0.1) is 5.82 Å². The molecule has 0 saturated heterocycles. The van der Waals surface area contributed by atoms with E-state index in [1.807, 2.05) is 0 Å². The van der Waals surface area contributed by atoms with E-state index in [4.69, 9.17) is 4.74 Å². The van der Waals surface area contributed by atoms with Crippen LogP contribution in [0.15, 0.2) is 24.4 Å². The smallest absolute Gasteiger partial charge is 0.252 e. The highest BCUT2D eigenvalue weighted by molar-refractivity contribution is 5.94. The zero-order chi connectivity index (χ0) is 14.8. The first-order chi connectivity index (χ1) is 9.44. The van der Waals surface area contributed by atoms with Crippen molar-refractivity contribution in [3.05, 3.63) is 41.5 Å². The molecular formula is C13H15FN4O2. The third kappa shape index (κ3) is 2.76. The maximum Gasteiger partial charge on any atom is 0.252 e. The molecule has 0 aliphatic rings. The molecule has 6 nitrogen and oxygen atoms in total. The Bertz CT molecular complexity index is 611. The Hall–Kier alpha value is -2.44. The molecule has 0 fully saturated rings. The molecular weight excluding hydrogens is 263 g/mol. The monoisotopic (exact) mass is 278 g/mol. The quantitative estimate of drug-likeness (QED) is 0.890. The Labute approximate surface area is 115 Å². The normalized spacial score (nSPS) is 11.2. The van der Waals surface area contributed by atoms with Crippen molar-refractivity contribution in [2.24, 2.45) is 0 Å². The molecule has 2 rings (SSSR count). The van der Waals surface area contributed by atoms with Crippen molar-refractivity contribution in [1.29, 1.82) is 0 Å². The summed E-state index contributed by atoms with van der Waals surface area (Å²) in [6, 6.07) is 4.04. The van der Waals surface area contributed by atoms with E-state index in [9.17, 15) is 9.18 Å². The second-order valence-electron chi connectivity index (χ2n) is 4.78. The summed E-state index contributed by atoms with van der Waals surface area (Å²) < 4.78 is 18.4. The molecule has 106 valence electrons. The van der Waals surface area contributed by atoms with E-state index in [1.54, 1.807) is 13.8 Å². The number of nitrogens with one attached hydrogen (secondary N) is 2. The Balaban J connectivity index is 2.18. The van der Waals surface area contributed by atoms with Gasteiger partial charge in [-0.3, -0.25) is 4.79 Å².